The Kier molecular flexibility index (Phi) is 5.32. The van der Waals surface area contributed by atoms with E-state index in [1.54, 1.807) is 29.2 Å². The second-order valence-electron chi connectivity index (χ2n) is 5.71. The number of methoxy groups -OCH3 is 1. The molecule has 138 valence electrons. The van der Waals surface area contributed by atoms with Gasteiger partial charge in [-0.2, -0.15) is 0 Å². The number of carbonyl (C=O) groups is 1. The van der Waals surface area contributed by atoms with Crippen molar-refractivity contribution in [2.45, 2.75) is 11.3 Å². The van der Waals surface area contributed by atoms with Crippen LogP contribution in [0.25, 0.3) is 0 Å². The van der Waals surface area contributed by atoms with Crippen molar-refractivity contribution in [3.63, 3.8) is 0 Å². The SMILES string of the molecule is COc1ccccc1NS(=O)(=O)c1cc(C(=O)N2CCC2)c(Cl)cc1Cl. The highest BCUT2D eigenvalue weighted by Crippen LogP contribution is 2.33. The van der Waals surface area contributed by atoms with Crippen molar-refractivity contribution >= 4 is 44.8 Å². The molecule has 2 aromatic rings. The standard InChI is InChI=1S/C17H16Cl2N2O4S/c1-25-15-6-3-2-5-14(15)20-26(23,24)16-9-11(12(18)10-13(16)19)17(22)21-7-4-8-21/h2-3,5-6,9-10,20H,4,7-8H2,1H3. The van der Waals surface area contributed by atoms with Crippen LogP contribution in [0.3, 0.4) is 0 Å². The molecule has 1 heterocycles. The lowest BCUT2D eigenvalue weighted by atomic mass is 10.1. The lowest BCUT2D eigenvalue weighted by Gasteiger charge is -2.31. The number of anilines is 1. The number of nitrogens with zero attached hydrogens (tertiary/aromatic N) is 1. The number of para-hydroxylation sites is 2. The molecular weight excluding hydrogens is 399 g/mol. The van der Waals surface area contributed by atoms with Crippen LogP contribution in [0.4, 0.5) is 5.69 Å². The molecular formula is C17H16Cl2N2O4S. The van der Waals surface area contributed by atoms with E-state index in [9.17, 15) is 13.2 Å². The number of rotatable bonds is 5. The highest BCUT2D eigenvalue weighted by atomic mass is 35.5. The van der Waals surface area contributed by atoms with Gasteiger partial charge in [0.25, 0.3) is 15.9 Å². The lowest BCUT2D eigenvalue weighted by molar-refractivity contribution is 0.0652. The fourth-order valence-electron chi connectivity index (χ4n) is 2.52. The highest BCUT2D eigenvalue weighted by molar-refractivity contribution is 7.92. The third-order valence-electron chi connectivity index (χ3n) is 4.04. The van der Waals surface area contributed by atoms with Crippen LogP contribution in [0.15, 0.2) is 41.3 Å². The number of likely N-dealkylation sites (tertiary alicyclic amines) is 1. The smallest absolute Gasteiger partial charge is 0.263 e. The van der Waals surface area contributed by atoms with Gasteiger partial charge in [0.15, 0.2) is 0 Å². The first-order valence-electron chi connectivity index (χ1n) is 7.77. The van der Waals surface area contributed by atoms with Crippen molar-refractivity contribution in [1.82, 2.24) is 4.90 Å². The molecule has 9 heteroatoms. The van der Waals surface area contributed by atoms with Crippen LogP contribution in [-0.2, 0) is 10.0 Å². The van der Waals surface area contributed by atoms with Crippen molar-refractivity contribution in [3.8, 4) is 5.75 Å². The summed E-state index contributed by atoms with van der Waals surface area (Å²) < 4.78 is 33.2. The molecule has 0 saturated carbocycles. The summed E-state index contributed by atoms with van der Waals surface area (Å²) in [6.45, 7) is 1.25. The Morgan fingerprint density at radius 1 is 1.15 bits per heavy atom. The Morgan fingerprint density at radius 2 is 1.85 bits per heavy atom. The highest BCUT2D eigenvalue weighted by Gasteiger charge is 2.27. The fourth-order valence-corrected chi connectivity index (χ4v) is 4.44. The maximum absolute atomic E-state index is 12.8. The molecule has 1 saturated heterocycles. The largest absolute Gasteiger partial charge is 0.495 e. The predicted octanol–water partition coefficient (Wildman–Crippen LogP) is 3.65. The number of ether oxygens (including phenoxy) is 1. The molecule has 0 bridgehead atoms. The third kappa shape index (κ3) is 3.60. The predicted molar refractivity (Wildman–Crippen MR) is 101 cm³/mol. The van der Waals surface area contributed by atoms with Gasteiger partial charge in [0.05, 0.1) is 28.4 Å². The molecule has 2 aromatic carbocycles. The molecule has 0 aromatic heterocycles. The number of amides is 1. The van der Waals surface area contributed by atoms with E-state index >= 15 is 0 Å². The van der Waals surface area contributed by atoms with Crippen molar-refractivity contribution in [3.05, 3.63) is 52.0 Å². The number of hydrogen-bond donors (Lipinski definition) is 1. The van der Waals surface area contributed by atoms with Gasteiger partial charge >= 0.3 is 0 Å². The number of nitrogens with one attached hydrogen (secondary N) is 1. The topological polar surface area (TPSA) is 75.7 Å². The van der Waals surface area contributed by atoms with Crippen LogP contribution in [0, 0.1) is 0 Å². The van der Waals surface area contributed by atoms with E-state index in [2.05, 4.69) is 4.72 Å². The summed E-state index contributed by atoms with van der Waals surface area (Å²) in [7, 11) is -2.62. The summed E-state index contributed by atoms with van der Waals surface area (Å²) in [6, 6.07) is 9.06. The number of halogens is 2. The first-order chi connectivity index (χ1) is 12.3. The van der Waals surface area contributed by atoms with E-state index in [1.807, 2.05) is 0 Å². The second-order valence-corrected chi connectivity index (χ2v) is 8.18. The van der Waals surface area contributed by atoms with Crippen molar-refractivity contribution in [2.24, 2.45) is 0 Å². The monoisotopic (exact) mass is 414 g/mol. The quantitative estimate of drug-likeness (QED) is 0.809. The first-order valence-corrected chi connectivity index (χ1v) is 10.0. The summed E-state index contributed by atoms with van der Waals surface area (Å²) in [6.07, 6.45) is 0.914. The normalized spacial score (nSPS) is 13.9. The molecule has 1 fully saturated rings. The number of hydrogen-bond acceptors (Lipinski definition) is 4. The van der Waals surface area contributed by atoms with Gasteiger partial charge in [0.1, 0.15) is 10.6 Å². The summed E-state index contributed by atoms with van der Waals surface area (Å²) >= 11 is 12.2. The Labute approximate surface area is 161 Å². The zero-order valence-corrected chi connectivity index (χ0v) is 16.2. The minimum absolute atomic E-state index is 0.0717. The summed E-state index contributed by atoms with van der Waals surface area (Å²) in [5.41, 5.74) is 0.368. The van der Waals surface area contributed by atoms with Gasteiger partial charge < -0.3 is 9.64 Å². The molecule has 26 heavy (non-hydrogen) atoms. The van der Waals surface area contributed by atoms with Crippen LogP contribution in [0.2, 0.25) is 10.0 Å². The van der Waals surface area contributed by atoms with Crippen LogP contribution in [-0.4, -0.2) is 39.4 Å². The zero-order chi connectivity index (χ0) is 18.9. The number of sulfonamides is 1. The Balaban J connectivity index is 2.00. The molecule has 0 atom stereocenters. The van der Waals surface area contributed by atoms with Gasteiger partial charge in [-0.05, 0) is 30.7 Å². The van der Waals surface area contributed by atoms with Gasteiger partial charge in [-0.25, -0.2) is 8.42 Å². The number of benzene rings is 2. The molecule has 3 rings (SSSR count). The molecule has 6 nitrogen and oxygen atoms in total. The van der Waals surface area contributed by atoms with Gasteiger partial charge in [-0.15, -0.1) is 0 Å². The second kappa shape index (κ2) is 7.34. The van der Waals surface area contributed by atoms with Gasteiger partial charge in [-0.3, -0.25) is 9.52 Å². The minimum Gasteiger partial charge on any atom is -0.495 e. The fraction of sp³-hybridized carbons (Fsp3) is 0.235. The van der Waals surface area contributed by atoms with E-state index in [0.717, 1.165) is 6.42 Å². The molecule has 0 unspecified atom stereocenters. The maximum atomic E-state index is 12.8. The van der Waals surface area contributed by atoms with E-state index in [0.29, 0.717) is 18.8 Å². The molecule has 0 spiro atoms. The molecule has 1 aliphatic heterocycles. The number of carbonyl (C=O) groups excluding carboxylic acids is 1. The van der Waals surface area contributed by atoms with E-state index in [1.165, 1.54) is 19.2 Å². The maximum Gasteiger partial charge on any atom is 0.263 e. The van der Waals surface area contributed by atoms with Crippen LogP contribution in [0.1, 0.15) is 16.8 Å². The molecule has 0 aliphatic carbocycles. The van der Waals surface area contributed by atoms with E-state index in [4.69, 9.17) is 27.9 Å². The van der Waals surface area contributed by atoms with Crippen molar-refractivity contribution < 1.29 is 17.9 Å². The third-order valence-corrected chi connectivity index (χ3v) is 6.18. The van der Waals surface area contributed by atoms with Crippen LogP contribution in [0.5, 0.6) is 5.75 Å². The van der Waals surface area contributed by atoms with E-state index in [-0.39, 0.29) is 32.1 Å². The molecule has 1 aliphatic rings. The van der Waals surface area contributed by atoms with Gasteiger partial charge in [0.2, 0.25) is 0 Å². The molecule has 1 amide bonds. The Morgan fingerprint density at radius 3 is 2.46 bits per heavy atom. The first kappa shape index (κ1) is 18.8. The summed E-state index contributed by atoms with van der Waals surface area (Å²) in [5, 5.41) is 0.0423. The molecule has 1 N–H and O–H groups in total. The average Bonchev–Trinajstić information content (AvgIpc) is 2.53. The molecule has 0 radical (unpaired) electrons. The van der Waals surface area contributed by atoms with Crippen LogP contribution >= 0.6 is 23.2 Å². The van der Waals surface area contributed by atoms with Gasteiger partial charge in [0, 0.05) is 13.1 Å². The van der Waals surface area contributed by atoms with Crippen molar-refractivity contribution in [2.75, 3.05) is 24.9 Å². The summed E-state index contributed by atoms with van der Waals surface area (Å²) in [5.74, 6) is 0.0460. The van der Waals surface area contributed by atoms with Crippen LogP contribution < -0.4 is 9.46 Å². The van der Waals surface area contributed by atoms with Crippen molar-refractivity contribution in [1.29, 1.82) is 0 Å². The Hall–Kier alpha value is -1.96. The average molecular weight is 415 g/mol. The zero-order valence-electron chi connectivity index (χ0n) is 13.8. The van der Waals surface area contributed by atoms with E-state index < -0.39 is 10.0 Å². The van der Waals surface area contributed by atoms with Gasteiger partial charge in [-0.1, -0.05) is 35.3 Å². The summed E-state index contributed by atoms with van der Waals surface area (Å²) in [4.78, 5) is 13.8. The lowest BCUT2D eigenvalue weighted by Crippen LogP contribution is -2.42. The Bertz CT molecular complexity index is 959. The minimum atomic E-state index is -4.06.